The van der Waals surface area contributed by atoms with E-state index in [0.717, 1.165) is 5.56 Å². The first-order chi connectivity index (χ1) is 7.11. The molecule has 0 bridgehead atoms. The van der Waals surface area contributed by atoms with Crippen LogP contribution in [0.3, 0.4) is 0 Å². The summed E-state index contributed by atoms with van der Waals surface area (Å²) in [5.74, 6) is -1.86. The molecule has 4 nitrogen and oxygen atoms in total. The highest BCUT2D eigenvalue weighted by Gasteiger charge is 2.48. The fourth-order valence-corrected chi connectivity index (χ4v) is 2.97. The molecule has 5 heteroatoms. The monoisotopic (exact) mass is 225 g/mol. The minimum atomic E-state index is -2.45. The van der Waals surface area contributed by atoms with E-state index in [9.17, 15) is 9.36 Å². The molecule has 3 atom stereocenters. The zero-order valence-corrected chi connectivity index (χ0v) is 8.72. The van der Waals surface area contributed by atoms with Crippen LogP contribution in [-0.4, -0.2) is 21.6 Å². The molecule has 1 unspecified atom stereocenters. The SMILES string of the molecule is O=C(O)[C@@H]1c2ccccc2C[C@@H]1[P+](=O)O. The molecule has 0 aromatic heterocycles. The Balaban J connectivity index is 2.46. The Bertz CT molecular complexity index is 429. The van der Waals surface area contributed by atoms with Crippen LogP contribution in [0.1, 0.15) is 17.0 Å². The molecule has 0 saturated carbocycles. The highest BCUT2D eigenvalue weighted by molar-refractivity contribution is 7.39. The van der Waals surface area contributed by atoms with Crippen molar-refractivity contribution in [3.8, 4) is 0 Å². The summed E-state index contributed by atoms with van der Waals surface area (Å²) >= 11 is 0. The molecule has 1 aromatic rings. The number of benzene rings is 1. The zero-order chi connectivity index (χ0) is 11.0. The van der Waals surface area contributed by atoms with Crippen molar-refractivity contribution in [1.82, 2.24) is 0 Å². The number of carbonyl (C=O) groups is 1. The molecular weight excluding hydrogens is 215 g/mol. The van der Waals surface area contributed by atoms with E-state index >= 15 is 0 Å². The molecule has 0 spiro atoms. The summed E-state index contributed by atoms with van der Waals surface area (Å²) in [6.07, 6.45) is 0.374. The lowest BCUT2D eigenvalue weighted by atomic mass is 10.0. The molecule has 0 aliphatic heterocycles. The van der Waals surface area contributed by atoms with Gasteiger partial charge >= 0.3 is 14.0 Å². The normalized spacial score (nSPS) is 24.7. The van der Waals surface area contributed by atoms with Gasteiger partial charge in [0, 0.05) is 6.42 Å². The van der Waals surface area contributed by atoms with Crippen LogP contribution in [0.25, 0.3) is 0 Å². The molecular formula is C10H10O4P+. The number of carboxylic acids is 1. The van der Waals surface area contributed by atoms with Crippen molar-refractivity contribution in [2.75, 3.05) is 0 Å². The number of hydrogen-bond donors (Lipinski definition) is 2. The second-order valence-electron chi connectivity index (χ2n) is 3.59. The van der Waals surface area contributed by atoms with Gasteiger partial charge in [0.15, 0.2) is 0 Å². The Hall–Kier alpha value is -1.25. The highest BCUT2D eigenvalue weighted by Crippen LogP contribution is 2.44. The lowest BCUT2D eigenvalue weighted by Crippen LogP contribution is -2.19. The largest absolute Gasteiger partial charge is 0.510 e. The lowest BCUT2D eigenvalue weighted by molar-refractivity contribution is -0.138. The standard InChI is InChI=1S/C10H9O4P/c11-10(12)9-7-4-2-1-3-6(7)5-8(9)15(13)14/h1-4,8-9H,5H2,(H-,11,12,13,14)/p+1/t8-,9+/m0/s1. The van der Waals surface area contributed by atoms with Crippen LogP contribution in [0.4, 0.5) is 0 Å². The number of aliphatic carboxylic acids is 1. The molecule has 15 heavy (non-hydrogen) atoms. The first-order valence-corrected chi connectivity index (χ1v) is 5.85. The fourth-order valence-electron chi connectivity index (χ4n) is 2.08. The van der Waals surface area contributed by atoms with Gasteiger partial charge in [-0.05, 0) is 15.7 Å². The molecule has 78 valence electrons. The van der Waals surface area contributed by atoms with Crippen LogP contribution in [0.15, 0.2) is 24.3 Å². The van der Waals surface area contributed by atoms with Crippen LogP contribution in [0, 0.1) is 0 Å². The highest BCUT2D eigenvalue weighted by atomic mass is 31.1. The number of rotatable bonds is 2. The minimum absolute atomic E-state index is 0.374. The van der Waals surface area contributed by atoms with Gasteiger partial charge in [0.25, 0.3) is 0 Å². The molecule has 0 amide bonds. The van der Waals surface area contributed by atoms with Crippen molar-refractivity contribution in [3.63, 3.8) is 0 Å². The topological polar surface area (TPSA) is 74.6 Å². The quantitative estimate of drug-likeness (QED) is 0.748. The predicted molar refractivity (Wildman–Crippen MR) is 54.1 cm³/mol. The van der Waals surface area contributed by atoms with Gasteiger partial charge in [-0.15, -0.1) is 0 Å². The zero-order valence-electron chi connectivity index (χ0n) is 7.83. The van der Waals surface area contributed by atoms with E-state index in [0.29, 0.717) is 12.0 Å². The van der Waals surface area contributed by atoms with Crippen LogP contribution in [0.5, 0.6) is 0 Å². The van der Waals surface area contributed by atoms with Gasteiger partial charge < -0.3 is 5.11 Å². The summed E-state index contributed by atoms with van der Waals surface area (Å²) < 4.78 is 11.1. The van der Waals surface area contributed by atoms with Gasteiger partial charge in [-0.25, -0.2) is 0 Å². The summed E-state index contributed by atoms with van der Waals surface area (Å²) in [4.78, 5) is 20.1. The van der Waals surface area contributed by atoms with E-state index in [1.807, 2.05) is 12.1 Å². The molecule has 2 N–H and O–H groups in total. The first kappa shape index (κ1) is 10.3. The summed E-state index contributed by atoms with van der Waals surface area (Å²) in [6, 6.07) is 7.09. The molecule has 0 heterocycles. The van der Waals surface area contributed by atoms with Crippen molar-refractivity contribution in [3.05, 3.63) is 35.4 Å². The van der Waals surface area contributed by atoms with Gasteiger partial charge in [0.2, 0.25) is 5.66 Å². The fraction of sp³-hybridized carbons (Fsp3) is 0.300. The molecule has 1 aliphatic rings. The van der Waals surface area contributed by atoms with Crippen molar-refractivity contribution < 1.29 is 19.4 Å². The maximum atomic E-state index is 11.1. The van der Waals surface area contributed by atoms with Crippen molar-refractivity contribution >= 4 is 14.0 Å². The Morgan fingerprint density at radius 3 is 2.67 bits per heavy atom. The van der Waals surface area contributed by atoms with E-state index in [1.54, 1.807) is 12.1 Å². The maximum absolute atomic E-state index is 11.1. The third kappa shape index (κ3) is 1.66. The van der Waals surface area contributed by atoms with E-state index in [-0.39, 0.29) is 0 Å². The summed E-state index contributed by atoms with van der Waals surface area (Å²) in [6.45, 7) is 0. The summed E-state index contributed by atoms with van der Waals surface area (Å²) in [5, 5.41) is 9.04. The minimum Gasteiger partial charge on any atom is -0.481 e. The molecule has 1 aliphatic carbocycles. The maximum Gasteiger partial charge on any atom is 0.510 e. The van der Waals surface area contributed by atoms with Crippen LogP contribution >= 0.6 is 8.03 Å². The number of fused-ring (bicyclic) bond motifs is 1. The molecule has 0 radical (unpaired) electrons. The number of hydrogen-bond acceptors (Lipinski definition) is 2. The van der Waals surface area contributed by atoms with E-state index in [1.165, 1.54) is 0 Å². The smallest absolute Gasteiger partial charge is 0.481 e. The average Bonchev–Trinajstić information content (AvgIpc) is 2.56. The van der Waals surface area contributed by atoms with Gasteiger partial charge in [0.05, 0.1) is 0 Å². The molecule has 2 rings (SSSR count). The van der Waals surface area contributed by atoms with Gasteiger partial charge in [-0.1, -0.05) is 24.3 Å². The second kappa shape index (κ2) is 3.72. The van der Waals surface area contributed by atoms with Gasteiger partial charge in [-0.2, -0.15) is 4.89 Å². The van der Waals surface area contributed by atoms with Gasteiger partial charge in [0.1, 0.15) is 5.92 Å². The molecule has 0 fully saturated rings. The molecule has 0 saturated heterocycles. The third-order valence-corrected chi connectivity index (χ3v) is 3.80. The van der Waals surface area contributed by atoms with E-state index in [4.69, 9.17) is 10.00 Å². The third-order valence-electron chi connectivity index (χ3n) is 2.75. The van der Waals surface area contributed by atoms with Crippen LogP contribution < -0.4 is 0 Å². The van der Waals surface area contributed by atoms with Crippen molar-refractivity contribution in [2.24, 2.45) is 0 Å². The summed E-state index contributed by atoms with van der Waals surface area (Å²) in [5.41, 5.74) is 0.856. The molecule has 1 aromatic carbocycles. The van der Waals surface area contributed by atoms with Crippen LogP contribution in [0.2, 0.25) is 0 Å². The Morgan fingerprint density at radius 1 is 1.40 bits per heavy atom. The predicted octanol–water partition coefficient (Wildman–Crippen LogP) is 1.51. The van der Waals surface area contributed by atoms with Crippen molar-refractivity contribution in [2.45, 2.75) is 18.0 Å². The van der Waals surface area contributed by atoms with Crippen molar-refractivity contribution in [1.29, 1.82) is 0 Å². The second-order valence-corrected chi connectivity index (χ2v) is 4.86. The van der Waals surface area contributed by atoms with E-state index in [2.05, 4.69) is 0 Å². The summed E-state index contributed by atoms with van der Waals surface area (Å²) in [7, 11) is -2.45. The van der Waals surface area contributed by atoms with Gasteiger partial charge in [-0.3, -0.25) is 4.79 Å². The first-order valence-electron chi connectivity index (χ1n) is 4.57. The Morgan fingerprint density at radius 2 is 2.07 bits per heavy atom. The number of carboxylic acid groups (broad SMARTS) is 1. The Labute approximate surface area is 87.4 Å². The van der Waals surface area contributed by atoms with E-state index < -0.39 is 25.6 Å². The Kier molecular flexibility index (Phi) is 2.55. The average molecular weight is 225 g/mol. The van der Waals surface area contributed by atoms with Crippen LogP contribution in [-0.2, 0) is 15.8 Å². The lowest BCUT2D eigenvalue weighted by Gasteiger charge is -2.05.